The average Bonchev–Trinajstić information content (AvgIpc) is 2.50. The monoisotopic (exact) mass is 160 g/mol. The molecule has 2 aromatic rings. The van der Waals surface area contributed by atoms with E-state index in [1.165, 1.54) is 10.9 Å². The molecular formula is C10H12N2. The maximum Gasteiger partial charge on any atom is 0.0682 e. The minimum Gasteiger partial charge on any atom is -0.265 e. The molecule has 0 N–H and O–H groups in total. The van der Waals surface area contributed by atoms with E-state index in [1.807, 2.05) is 12.3 Å². The highest BCUT2D eigenvalue weighted by Gasteiger charge is 1.98. The van der Waals surface area contributed by atoms with Crippen molar-refractivity contribution in [3.63, 3.8) is 0 Å². The summed E-state index contributed by atoms with van der Waals surface area (Å²) in [4.78, 5) is 0. The van der Waals surface area contributed by atoms with Gasteiger partial charge in [-0.1, -0.05) is 25.1 Å². The third-order valence-corrected chi connectivity index (χ3v) is 1.99. The maximum absolute atomic E-state index is 4.30. The summed E-state index contributed by atoms with van der Waals surface area (Å²) in [6, 6.07) is 8.29. The van der Waals surface area contributed by atoms with Crippen LogP contribution < -0.4 is 0 Å². The molecule has 0 fully saturated rings. The minimum atomic E-state index is 1.01. The van der Waals surface area contributed by atoms with Crippen LogP contribution in [0.1, 0.15) is 13.3 Å². The smallest absolute Gasteiger partial charge is 0.0682 e. The van der Waals surface area contributed by atoms with Crippen molar-refractivity contribution in [2.75, 3.05) is 0 Å². The molecular weight excluding hydrogens is 148 g/mol. The van der Waals surface area contributed by atoms with Gasteiger partial charge in [-0.3, -0.25) is 4.68 Å². The molecule has 0 amide bonds. The molecule has 1 heterocycles. The zero-order valence-corrected chi connectivity index (χ0v) is 7.20. The number of benzene rings is 1. The van der Waals surface area contributed by atoms with Crippen LogP contribution in [0.15, 0.2) is 30.5 Å². The third-order valence-electron chi connectivity index (χ3n) is 1.99. The number of aryl methyl sites for hydroxylation is 1. The highest BCUT2D eigenvalue weighted by Crippen LogP contribution is 2.12. The van der Waals surface area contributed by atoms with Crippen molar-refractivity contribution < 1.29 is 0 Å². The van der Waals surface area contributed by atoms with Gasteiger partial charge in [0.2, 0.25) is 0 Å². The van der Waals surface area contributed by atoms with Gasteiger partial charge in [-0.05, 0) is 12.5 Å². The van der Waals surface area contributed by atoms with Gasteiger partial charge < -0.3 is 0 Å². The topological polar surface area (TPSA) is 17.8 Å². The lowest BCUT2D eigenvalue weighted by Crippen LogP contribution is -1.97. The Kier molecular flexibility index (Phi) is 1.82. The predicted octanol–water partition coefficient (Wildman–Crippen LogP) is 2.45. The van der Waals surface area contributed by atoms with Gasteiger partial charge in [-0.15, -0.1) is 0 Å². The normalized spacial score (nSPS) is 10.8. The summed E-state index contributed by atoms with van der Waals surface area (Å²) in [6.07, 6.45) is 3.05. The summed E-state index contributed by atoms with van der Waals surface area (Å²) in [6.45, 7) is 3.17. The molecule has 12 heavy (non-hydrogen) atoms. The second kappa shape index (κ2) is 2.97. The number of aromatic nitrogens is 2. The van der Waals surface area contributed by atoms with Crippen molar-refractivity contribution >= 4 is 10.9 Å². The molecule has 2 rings (SSSR count). The van der Waals surface area contributed by atoms with Crippen LogP contribution in [0.4, 0.5) is 0 Å². The summed E-state index contributed by atoms with van der Waals surface area (Å²) >= 11 is 0. The molecule has 0 aliphatic rings. The molecule has 2 nitrogen and oxygen atoms in total. The lowest BCUT2D eigenvalue weighted by molar-refractivity contribution is 0.622. The lowest BCUT2D eigenvalue weighted by atomic mass is 10.2. The SMILES string of the molecule is CCCn1ncc2ccccc21. The molecule has 2 heteroatoms. The van der Waals surface area contributed by atoms with Gasteiger partial charge in [0.25, 0.3) is 0 Å². The van der Waals surface area contributed by atoms with E-state index in [4.69, 9.17) is 0 Å². The predicted molar refractivity (Wildman–Crippen MR) is 50.0 cm³/mol. The van der Waals surface area contributed by atoms with Gasteiger partial charge in [-0.25, -0.2) is 0 Å². The lowest BCUT2D eigenvalue weighted by Gasteiger charge is -1.98. The fourth-order valence-electron chi connectivity index (χ4n) is 1.42. The fourth-order valence-corrected chi connectivity index (χ4v) is 1.42. The Bertz CT molecular complexity index is 376. The average molecular weight is 160 g/mol. The molecule has 0 saturated carbocycles. The van der Waals surface area contributed by atoms with E-state index in [1.54, 1.807) is 0 Å². The first kappa shape index (κ1) is 7.35. The molecule has 0 atom stereocenters. The van der Waals surface area contributed by atoms with Crippen molar-refractivity contribution in [1.29, 1.82) is 0 Å². The van der Waals surface area contributed by atoms with Gasteiger partial charge in [0.1, 0.15) is 0 Å². The Balaban J connectivity index is 2.55. The van der Waals surface area contributed by atoms with Crippen LogP contribution in [-0.2, 0) is 6.54 Å². The second-order valence-electron chi connectivity index (χ2n) is 2.93. The Labute approximate surface area is 71.8 Å². The number of para-hydroxylation sites is 1. The van der Waals surface area contributed by atoms with Crippen LogP contribution in [0, 0.1) is 0 Å². The van der Waals surface area contributed by atoms with Crippen LogP contribution in [0.3, 0.4) is 0 Å². The largest absolute Gasteiger partial charge is 0.265 e. The quantitative estimate of drug-likeness (QED) is 0.659. The first-order valence-electron chi connectivity index (χ1n) is 4.32. The molecule has 0 spiro atoms. The molecule has 1 aromatic carbocycles. The van der Waals surface area contributed by atoms with E-state index in [9.17, 15) is 0 Å². The maximum atomic E-state index is 4.30. The summed E-state index contributed by atoms with van der Waals surface area (Å²) < 4.78 is 2.05. The molecule has 62 valence electrons. The minimum absolute atomic E-state index is 1.01. The van der Waals surface area contributed by atoms with Crippen LogP contribution in [0.5, 0.6) is 0 Å². The van der Waals surface area contributed by atoms with Crippen molar-refractivity contribution in [2.45, 2.75) is 19.9 Å². The van der Waals surface area contributed by atoms with Gasteiger partial charge in [0.05, 0.1) is 11.7 Å². The summed E-state index contributed by atoms with van der Waals surface area (Å²) in [5.41, 5.74) is 1.24. The fraction of sp³-hybridized carbons (Fsp3) is 0.300. The van der Waals surface area contributed by atoms with E-state index < -0.39 is 0 Å². The van der Waals surface area contributed by atoms with Crippen molar-refractivity contribution in [3.05, 3.63) is 30.5 Å². The van der Waals surface area contributed by atoms with E-state index in [2.05, 4.69) is 34.9 Å². The Hall–Kier alpha value is -1.31. The number of nitrogens with zero attached hydrogens (tertiary/aromatic N) is 2. The van der Waals surface area contributed by atoms with Gasteiger partial charge in [-0.2, -0.15) is 5.10 Å². The Morgan fingerprint density at radius 3 is 3.00 bits per heavy atom. The van der Waals surface area contributed by atoms with E-state index in [0.29, 0.717) is 0 Å². The standard InChI is InChI=1S/C10H12N2/c1-2-7-12-10-6-4-3-5-9(10)8-11-12/h3-6,8H,2,7H2,1H3. The number of rotatable bonds is 2. The van der Waals surface area contributed by atoms with E-state index in [-0.39, 0.29) is 0 Å². The molecule has 0 aliphatic carbocycles. The number of fused-ring (bicyclic) bond motifs is 1. The molecule has 1 aromatic heterocycles. The number of hydrogen-bond acceptors (Lipinski definition) is 1. The van der Waals surface area contributed by atoms with Gasteiger partial charge >= 0.3 is 0 Å². The van der Waals surface area contributed by atoms with Gasteiger partial charge in [0, 0.05) is 11.9 Å². The second-order valence-corrected chi connectivity index (χ2v) is 2.93. The Morgan fingerprint density at radius 2 is 2.17 bits per heavy atom. The third kappa shape index (κ3) is 1.09. The highest BCUT2D eigenvalue weighted by molar-refractivity contribution is 5.78. The molecule has 0 aliphatic heterocycles. The van der Waals surface area contributed by atoms with Crippen LogP contribution in [0.2, 0.25) is 0 Å². The highest BCUT2D eigenvalue weighted by atomic mass is 15.3. The number of hydrogen-bond donors (Lipinski definition) is 0. The molecule has 0 saturated heterocycles. The van der Waals surface area contributed by atoms with Crippen molar-refractivity contribution in [2.24, 2.45) is 0 Å². The molecule has 0 radical (unpaired) electrons. The van der Waals surface area contributed by atoms with Crippen molar-refractivity contribution in [3.8, 4) is 0 Å². The van der Waals surface area contributed by atoms with Gasteiger partial charge in [0.15, 0.2) is 0 Å². The van der Waals surface area contributed by atoms with E-state index in [0.717, 1.165) is 13.0 Å². The molecule has 0 bridgehead atoms. The summed E-state index contributed by atoms with van der Waals surface area (Å²) in [7, 11) is 0. The van der Waals surface area contributed by atoms with Crippen molar-refractivity contribution in [1.82, 2.24) is 9.78 Å². The molecule has 0 unspecified atom stereocenters. The first-order chi connectivity index (χ1) is 5.92. The van der Waals surface area contributed by atoms with E-state index >= 15 is 0 Å². The van der Waals surface area contributed by atoms with Crippen LogP contribution in [-0.4, -0.2) is 9.78 Å². The van der Waals surface area contributed by atoms with Crippen LogP contribution in [0.25, 0.3) is 10.9 Å². The summed E-state index contributed by atoms with van der Waals surface area (Å²) in [5, 5.41) is 5.53. The summed E-state index contributed by atoms with van der Waals surface area (Å²) in [5.74, 6) is 0. The zero-order chi connectivity index (χ0) is 8.39. The zero-order valence-electron chi connectivity index (χ0n) is 7.20. The first-order valence-corrected chi connectivity index (χ1v) is 4.32. The van der Waals surface area contributed by atoms with Crippen LogP contribution >= 0.6 is 0 Å². The Morgan fingerprint density at radius 1 is 1.33 bits per heavy atom.